The van der Waals surface area contributed by atoms with Gasteiger partial charge >= 0.3 is 0 Å². The van der Waals surface area contributed by atoms with Crippen LogP contribution in [0.3, 0.4) is 0 Å². The number of quaternary nitrogens is 1. The van der Waals surface area contributed by atoms with E-state index in [0.29, 0.717) is 23.9 Å². The van der Waals surface area contributed by atoms with E-state index in [4.69, 9.17) is 9.05 Å². The minimum Gasteiger partial charge on any atom is -0.756 e. The minimum atomic E-state index is -4.58. The molecule has 61 heavy (non-hydrogen) atoms. The summed E-state index contributed by atoms with van der Waals surface area (Å²) >= 11 is 0. The summed E-state index contributed by atoms with van der Waals surface area (Å²) in [5.41, 5.74) is 0. The number of nitrogens with zero attached hydrogens (tertiary/aromatic N) is 1. The van der Waals surface area contributed by atoms with Gasteiger partial charge in [-0.3, -0.25) is 9.36 Å². The van der Waals surface area contributed by atoms with Crippen LogP contribution in [0, 0.1) is 0 Å². The van der Waals surface area contributed by atoms with Gasteiger partial charge in [0, 0.05) is 6.42 Å². The van der Waals surface area contributed by atoms with E-state index in [-0.39, 0.29) is 19.1 Å². The maximum Gasteiger partial charge on any atom is 0.268 e. The number of unbranched alkanes of at least 4 members (excludes halogenated alkanes) is 16. The lowest BCUT2D eigenvalue weighted by atomic mass is 10.0. The fraction of sp³-hybridized carbons (Fsp3) is 0.712. The summed E-state index contributed by atoms with van der Waals surface area (Å²) in [6.45, 7) is 4.56. The fourth-order valence-corrected chi connectivity index (χ4v) is 7.27. The lowest BCUT2D eigenvalue weighted by molar-refractivity contribution is -0.870. The van der Waals surface area contributed by atoms with Crippen molar-refractivity contribution < 1.29 is 32.9 Å². The van der Waals surface area contributed by atoms with Gasteiger partial charge < -0.3 is 28.8 Å². The molecule has 0 aromatic carbocycles. The van der Waals surface area contributed by atoms with Crippen LogP contribution in [-0.2, 0) is 18.4 Å². The van der Waals surface area contributed by atoms with Crippen molar-refractivity contribution in [3.05, 3.63) is 85.1 Å². The van der Waals surface area contributed by atoms with E-state index in [0.717, 1.165) is 103 Å². The highest BCUT2D eigenvalue weighted by molar-refractivity contribution is 7.45. The molecule has 0 saturated heterocycles. The van der Waals surface area contributed by atoms with Crippen LogP contribution in [0.2, 0.25) is 0 Å². The number of carbonyl (C=O) groups excluding carboxylic acids is 1. The molecule has 0 heterocycles. The van der Waals surface area contributed by atoms with Gasteiger partial charge in [-0.05, 0) is 70.6 Å². The predicted octanol–water partition coefficient (Wildman–Crippen LogP) is 13.5. The Morgan fingerprint density at radius 2 is 1.00 bits per heavy atom. The number of carbonyl (C=O) groups is 1. The van der Waals surface area contributed by atoms with Crippen LogP contribution in [0.4, 0.5) is 0 Å². The lowest BCUT2D eigenvalue weighted by Crippen LogP contribution is -2.46. The first-order valence-corrected chi connectivity index (χ1v) is 25.9. The van der Waals surface area contributed by atoms with Crippen molar-refractivity contribution in [2.24, 2.45) is 0 Å². The number of rotatable bonds is 43. The van der Waals surface area contributed by atoms with Crippen molar-refractivity contribution in [3.8, 4) is 0 Å². The van der Waals surface area contributed by atoms with Crippen molar-refractivity contribution in [2.45, 2.75) is 199 Å². The van der Waals surface area contributed by atoms with Gasteiger partial charge in [-0.25, -0.2) is 0 Å². The predicted molar refractivity (Wildman–Crippen MR) is 260 cm³/mol. The Balaban J connectivity index is 4.30. The Morgan fingerprint density at radius 1 is 0.590 bits per heavy atom. The SMILES string of the molecule is CC/C=C\C/C=C\C/C=C\C/C=C\C/C=C\C/C=C\C/C=C\CCCCCCCC(=O)NC(COP(=O)([O-])OCC[N+](C)(C)C)C(O)CCCCCCCCCCCCCC. The largest absolute Gasteiger partial charge is 0.756 e. The molecule has 9 heteroatoms. The topological polar surface area (TPSA) is 108 Å². The number of phosphoric ester groups is 1. The summed E-state index contributed by atoms with van der Waals surface area (Å²) in [5.74, 6) is -0.189. The van der Waals surface area contributed by atoms with Crippen LogP contribution in [0.5, 0.6) is 0 Å². The molecule has 0 spiro atoms. The Morgan fingerprint density at radius 3 is 1.46 bits per heavy atom. The van der Waals surface area contributed by atoms with E-state index in [1.54, 1.807) is 0 Å². The normalized spacial score (nSPS) is 14.9. The third kappa shape index (κ3) is 45.5. The Labute approximate surface area is 376 Å². The van der Waals surface area contributed by atoms with Crippen molar-refractivity contribution in [1.29, 1.82) is 0 Å². The van der Waals surface area contributed by atoms with Crippen LogP contribution in [0.25, 0.3) is 0 Å². The van der Waals surface area contributed by atoms with Gasteiger partial charge in [-0.2, -0.15) is 0 Å². The highest BCUT2D eigenvalue weighted by Gasteiger charge is 2.24. The molecular formula is C52H93N2O6P. The smallest absolute Gasteiger partial charge is 0.268 e. The molecule has 352 valence electrons. The summed E-state index contributed by atoms with van der Waals surface area (Å²) < 4.78 is 23.3. The van der Waals surface area contributed by atoms with Crippen LogP contribution in [0.1, 0.15) is 187 Å². The van der Waals surface area contributed by atoms with Gasteiger partial charge in [0.2, 0.25) is 5.91 Å². The van der Waals surface area contributed by atoms with Crippen LogP contribution in [0.15, 0.2) is 85.1 Å². The highest BCUT2D eigenvalue weighted by Crippen LogP contribution is 2.38. The summed E-state index contributed by atoms with van der Waals surface area (Å²) in [7, 11) is 1.28. The molecule has 1 amide bonds. The third-order valence-corrected chi connectivity index (χ3v) is 11.4. The molecule has 0 fully saturated rings. The molecule has 3 unspecified atom stereocenters. The van der Waals surface area contributed by atoms with Gasteiger partial charge in [-0.1, -0.05) is 195 Å². The average molecular weight is 873 g/mol. The lowest BCUT2D eigenvalue weighted by Gasteiger charge is -2.30. The standard InChI is InChI=1S/C52H93N2O6P/c1-6-8-10-12-14-16-18-20-21-22-23-24-25-26-27-28-29-30-31-32-33-34-36-38-40-42-44-46-52(56)53-50(49-60-61(57,58)59-48-47-54(3,4)5)51(55)45-43-41-39-37-35-19-17-15-13-11-9-7-2/h8,10,14,16,20-21,23-24,26-27,29-30,32-33,50-51,55H,6-7,9,11-13,15,17-19,22,25,28,31,34-49H2,1-5H3,(H-,53,56,57,58)/b10-8-,16-14-,21-20-,24-23-,27-26-,30-29-,33-32-. The number of allylic oxidation sites excluding steroid dienone is 14. The zero-order valence-corrected chi connectivity index (χ0v) is 40.7. The number of hydrogen-bond donors (Lipinski definition) is 2. The van der Waals surface area contributed by atoms with Crippen molar-refractivity contribution >= 4 is 13.7 Å². The molecule has 3 atom stereocenters. The zero-order chi connectivity index (χ0) is 45.0. The molecule has 8 nitrogen and oxygen atoms in total. The fourth-order valence-electron chi connectivity index (χ4n) is 6.55. The summed E-state index contributed by atoms with van der Waals surface area (Å²) in [4.78, 5) is 25.4. The molecule has 0 aliphatic carbocycles. The van der Waals surface area contributed by atoms with Gasteiger partial charge in [0.15, 0.2) is 0 Å². The number of hydrogen-bond acceptors (Lipinski definition) is 6. The van der Waals surface area contributed by atoms with Gasteiger partial charge in [-0.15, -0.1) is 0 Å². The van der Waals surface area contributed by atoms with E-state index >= 15 is 0 Å². The maximum absolute atomic E-state index is 12.9. The van der Waals surface area contributed by atoms with E-state index in [1.807, 2.05) is 21.1 Å². The summed E-state index contributed by atoms with van der Waals surface area (Å²) in [6, 6.07) is -0.816. The molecule has 0 aliphatic rings. The van der Waals surface area contributed by atoms with Crippen molar-refractivity contribution in [3.63, 3.8) is 0 Å². The van der Waals surface area contributed by atoms with E-state index < -0.39 is 20.0 Å². The Bertz CT molecular complexity index is 1260. The molecule has 0 aliphatic heterocycles. The first kappa shape index (κ1) is 58.7. The highest BCUT2D eigenvalue weighted by atomic mass is 31.2. The molecule has 0 saturated carbocycles. The van der Waals surface area contributed by atoms with E-state index in [1.165, 1.54) is 57.8 Å². The Kier molecular flexibility index (Phi) is 41.3. The first-order chi connectivity index (χ1) is 29.5. The monoisotopic (exact) mass is 873 g/mol. The van der Waals surface area contributed by atoms with Gasteiger partial charge in [0.1, 0.15) is 13.2 Å². The van der Waals surface area contributed by atoms with Crippen molar-refractivity contribution in [2.75, 3.05) is 40.9 Å². The molecule has 2 N–H and O–H groups in total. The van der Waals surface area contributed by atoms with E-state index in [2.05, 4.69) is 104 Å². The first-order valence-electron chi connectivity index (χ1n) is 24.4. The van der Waals surface area contributed by atoms with Gasteiger partial charge in [0.25, 0.3) is 7.82 Å². The third-order valence-electron chi connectivity index (χ3n) is 10.4. The molecule has 0 aromatic heterocycles. The van der Waals surface area contributed by atoms with E-state index in [9.17, 15) is 19.4 Å². The number of aliphatic hydroxyl groups is 1. The second-order valence-electron chi connectivity index (χ2n) is 17.4. The van der Waals surface area contributed by atoms with Crippen LogP contribution in [-0.4, -0.2) is 68.5 Å². The van der Waals surface area contributed by atoms with Crippen LogP contribution < -0.4 is 10.2 Å². The molecule has 0 aromatic rings. The molecule has 0 bridgehead atoms. The van der Waals surface area contributed by atoms with Gasteiger partial charge in [0.05, 0.1) is 39.9 Å². The maximum atomic E-state index is 12.9. The second-order valence-corrected chi connectivity index (χ2v) is 18.8. The number of likely N-dealkylation sites (N-methyl/N-ethyl adjacent to an activating group) is 1. The minimum absolute atomic E-state index is 0.00330. The average Bonchev–Trinajstić information content (AvgIpc) is 3.21. The number of phosphoric acid groups is 1. The number of nitrogens with one attached hydrogen (secondary N) is 1. The Hall–Kier alpha value is -2.32. The molecular weight excluding hydrogens is 780 g/mol. The second kappa shape index (κ2) is 43.0. The van der Waals surface area contributed by atoms with Crippen LogP contribution >= 0.6 is 7.82 Å². The summed E-state index contributed by atoms with van der Waals surface area (Å²) in [6.07, 6.45) is 58.8. The molecule has 0 radical (unpaired) electrons. The molecule has 0 rings (SSSR count). The number of aliphatic hydroxyl groups excluding tert-OH is 1. The number of amides is 1. The van der Waals surface area contributed by atoms with Crippen molar-refractivity contribution in [1.82, 2.24) is 5.32 Å². The summed E-state index contributed by atoms with van der Waals surface area (Å²) in [5, 5.41) is 13.9. The quantitative estimate of drug-likeness (QED) is 0.0273. The zero-order valence-electron chi connectivity index (χ0n) is 39.8.